The Bertz CT molecular complexity index is 953. The second kappa shape index (κ2) is 7.31. The number of benzene rings is 2. The van der Waals surface area contributed by atoms with Crippen molar-refractivity contribution in [3.8, 4) is 11.5 Å². The van der Waals surface area contributed by atoms with Gasteiger partial charge in [0.15, 0.2) is 5.13 Å². The summed E-state index contributed by atoms with van der Waals surface area (Å²) < 4.78 is 24.3. The fourth-order valence-corrected chi connectivity index (χ4v) is 3.11. The van der Waals surface area contributed by atoms with E-state index < -0.39 is 0 Å². The average molecular weight is 358 g/mol. The molecule has 3 aromatic rings. The van der Waals surface area contributed by atoms with Crippen LogP contribution < -0.4 is 14.8 Å². The zero-order valence-corrected chi connectivity index (χ0v) is 14.4. The van der Waals surface area contributed by atoms with E-state index in [0.29, 0.717) is 26.8 Å². The lowest BCUT2D eigenvalue weighted by molar-refractivity contribution is -0.111. The third kappa shape index (κ3) is 3.95. The minimum Gasteiger partial charge on any atom is -0.497 e. The van der Waals surface area contributed by atoms with E-state index in [2.05, 4.69) is 10.3 Å². The van der Waals surface area contributed by atoms with Crippen LogP contribution >= 0.6 is 11.3 Å². The molecule has 0 bridgehead atoms. The number of thiazole rings is 1. The quantitative estimate of drug-likeness (QED) is 0.698. The average Bonchev–Trinajstić information content (AvgIpc) is 3.00. The summed E-state index contributed by atoms with van der Waals surface area (Å²) >= 11 is 1.22. The fraction of sp³-hybridized carbons (Fsp3) is 0.111. The van der Waals surface area contributed by atoms with Crippen LogP contribution in [0.25, 0.3) is 16.3 Å². The SMILES string of the molecule is COc1ccc(C=CC(=O)Nc2nc3ccc(F)cc3s2)c(OC)c1. The van der Waals surface area contributed by atoms with Gasteiger partial charge in [0.2, 0.25) is 5.91 Å². The maximum atomic E-state index is 13.2. The molecule has 5 nitrogen and oxygen atoms in total. The molecule has 0 aliphatic carbocycles. The molecule has 1 heterocycles. The summed E-state index contributed by atoms with van der Waals surface area (Å²) in [6, 6.07) is 9.61. The number of amides is 1. The van der Waals surface area contributed by atoms with Crippen LogP contribution in [0, 0.1) is 5.82 Å². The molecule has 0 saturated carbocycles. The van der Waals surface area contributed by atoms with Gasteiger partial charge in [0.05, 0.1) is 24.4 Å². The molecule has 2 aromatic carbocycles. The highest BCUT2D eigenvalue weighted by Gasteiger charge is 2.07. The van der Waals surface area contributed by atoms with Crippen molar-refractivity contribution in [3.63, 3.8) is 0 Å². The van der Waals surface area contributed by atoms with Gasteiger partial charge in [-0.25, -0.2) is 9.37 Å². The summed E-state index contributed by atoms with van der Waals surface area (Å²) in [6.07, 6.45) is 3.03. The predicted molar refractivity (Wildman–Crippen MR) is 96.8 cm³/mol. The number of hydrogen-bond acceptors (Lipinski definition) is 5. The highest BCUT2D eigenvalue weighted by atomic mass is 32.1. The molecule has 0 atom stereocenters. The van der Waals surface area contributed by atoms with Crippen molar-refractivity contribution >= 4 is 38.7 Å². The van der Waals surface area contributed by atoms with Crippen LogP contribution in [0.15, 0.2) is 42.5 Å². The molecule has 0 radical (unpaired) electrons. The van der Waals surface area contributed by atoms with Gasteiger partial charge in [-0.2, -0.15) is 0 Å². The number of nitrogens with one attached hydrogen (secondary N) is 1. The van der Waals surface area contributed by atoms with Gasteiger partial charge in [-0.1, -0.05) is 11.3 Å². The molecule has 0 fully saturated rings. The van der Waals surface area contributed by atoms with Gasteiger partial charge < -0.3 is 9.47 Å². The van der Waals surface area contributed by atoms with Gasteiger partial charge in [-0.15, -0.1) is 0 Å². The van der Waals surface area contributed by atoms with Crippen molar-refractivity contribution in [3.05, 3.63) is 53.9 Å². The maximum absolute atomic E-state index is 13.2. The number of fused-ring (bicyclic) bond motifs is 1. The van der Waals surface area contributed by atoms with E-state index in [1.54, 1.807) is 44.6 Å². The van der Waals surface area contributed by atoms with Crippen molar-refractivity contribution in [1.82, 2.24) is 4.98 Å². The summed E-state index contributed by atoms with van der Waals surface area (Å²) in [6.45, 7) is 0. The normalized spacial score (nSPS) is 11.0. The molecule has 3 rings (SSSR count). The summed E-state index contributed by atoms with van der Waals surface area (Å²) in [5, 5.41) is 3.09. The second-order valence-electron chi connectivity index (χ2n) is 5.06. The summed E-state index contributed by atoms with van der Waals surface area (Å²) in [5.41, 5.74) is 1.38. The van der Waals surface area contributed by atoms with Gasteiger partial charge >= 0.3 is 0 Å². The highest BCUT2D eigenvalue weighted by molar-refractivity contribution is 7.22. The lowest BCUT2D eigenvalue weighted by Gasteiger charge is -2.07. The third-order valence-corrected chi connectivity index (χ3v) is 4.37. The van der Waals surface area contributed by atoms with Crippen LogP contribution in [0.5, 0.6) is 11.5 Å². The van der Waals surface area contributed by atoms with E-state index >= 15 is 0 Å². The van der Waals surface area contributed by atoms with Crippen LogP contribution in [-0.4, -0.2) is 25.1 Å². The Morgan fingerprint density at radius 1 is 1.20 bits per heavy atom. The number of carbonyl (C=O) groups is 1. The largest absolute Gasteiger partial charge is 0.497 e. The Hall–Kier alpha value is -2.93. The molecule has 0 unspecified atom stereocenters. The first-order chi connectivity index (χ1) is 12.1. The van der Waals surface area contributed by atoms with E-state index in [1.165, 1.54) is 29.5 Å². The minimum absolute atomic E-state index is 0.333. The van der Waals surface area contributed by atoms with Gasteiger partial charge in [-0.3, -0.25) is 10.1 Å². The number of methoxy groups -OCH3 is 2. The van der Waals surface area contributed by atoms with Crippen LogP contribution in [0.4, 0.5) is 9.52 Å². The molecule has 1 N–H and O–H groups in total. The molecule has 1 aromatic heterocycles. The van der Waals surface area contributed by atoms with Crippen molar-refractivity contribution in [2.45, 2.75) is 0 Å². The van der Waals surface area contributed by atoms with Crippen LogP contribution in [0.3, 0.4) is 0 Å². The molecule has 0 aliphatic rings. The number of carbonyl (C=O) groups excluding carboxylic acids is 1. The standard InChI is InChI=1S/C18H15FN2O3S/c1-23-13-6-3-11(15(10-13)24-2)4-8-17(22)21-18-20-14-7-5-12(19)9-16(14)25-18/h3-10H,1-2H3,(H,20,21,22). The zero-order chi connectivity index (χ0) is 17.8. The van der Waals surface area contributed by atoms with Gasteiger partial charge in [0.1, 0.15) is 17.3 Å². The number of anilines is 1. The van der Waals surface area contributed by atoms with Crippen LogP contribution in [-0.2, 0) is 4.79 Å². The zero-order valence-electron chi connectivity index (χ0n) is 13.6. The Morgan fingerprint density at radius 3 is 2.80 bits per heavy atom. The summed E-state index contributed by atoms with van der Waals surface area (Å²) in [5.74, 6) is 0.594. The molecule has 0 spiro atoms. The Morgan fingerprint density at radius 2 is 2.04 bits per heavy atom. The molecule has 1 amide bonds. The van der Waals surface area contributed by atoms with E-state index in [-0.39, 0.29) is 11.7 Å². The topological polar surface area (TPSA) is 60.5 Å². The molecular formula is C18H15FN2O3S. The number of rotatable bonds is 5. The number of ether oxygens (including phenoxy) is 2. The van der Waals surface area contributed by atoms with Crippen molar-refractivity contribution in [1.29, 1.82) is 0 Å². The Kier molecular flexibility index (Phi) is 4.95. The third-order valence-electron chi connectivity index (χ3n) is 3.44. The van der Waals surface area contributed by atoms with Gasteiger partial charge in [0.25, 0.3) is 0 Å². The summed E-state index contributed by atoms with van der Waals surface area (Å²) in [7, 11) is 3.12. The maximum Gasteiger partial charge on any atom is 0.250 e. The van der Waals surface area contributed by atoms with Crippen LogP contribution in [0.1, 0.15) is 5.56 Å². The predicted octanol–water partition coefficient (Wildman–Crippen LogP) is 4.10. The lowest BCUT2D eigenvalue weighted by atomic mass is 10.1. The molecule has 128 valence electrons. The number of aromatic nitrogens is 1. The van der Waals surface area contributed by atoms with E-state index in [0.717, 1.165) is 5.56 Å². The minimum atomic E-state index is -0.336. The molecule has 7 heteroatoms. The van der Waals surface area contributed by atoms with Crippen LogP contribution in [0.2, 0.25) is 0 Å². The van der Waals surface area contributed by atoms with Gasteiger partial charge in [0, 0.05) is 17.7 Å². The van der Waals surface area contributed by atoms with E-state index in [9.17, 15) is 9.18 Å². The number of halogens is 1. The van der Waals surface area contributed by atoms with Crippen molar-refractivity contribution in [2.24, 2.45) is 0 Å². The highest BCUT2D eigenvalue weighted by Crippen LogP contribution is 2.27. The monoisotopic (exact) mass is 358 g/mol. The smallest absolute Gasteiger partial charge is 0.250 e. The Balaban J connectivity index is 1.74. The molecule has 0 aliphatic heterocycles. The van der Waals surface area contributed by atoms with Crippen molar-refractivity contribution in [2.75, 3.05) is 19.5 Å². The first-order valence-corrected chi connectivity index (χ1v) is 8.18. The number of hydrogen-bond donors (Lipinski definition) is 1. The molecule has 25 heavy (non-hydrogen) atoms. The van der Waals surface area contributed by atoms with E-state index in [4.69, 9.17) is 9.47 Å². The molecule has 0 saturated heterocycles. The number of nitrogens with zero attached hydrogens (tertiary/aromatic N) is 1. The summed E-state index contributed by atoms with van der Waals surface area (Å²) in [4.78, 5) is 16.3. The lowest BCUT2D eigenvalue weighted by Crippen LogP contribution is -2.07. The van der Waals surface area contributed by atoms with Crippen molar-refractivity contribution < 1.29 is 18.7 Å². The first kappa shape index (κ1) is 16.9. The Labute approximate surface area is 147 Å². The second-order valence-corrected chi connectivity index (χ2v) is 6.09. The van der Waals surface area contributed by atoms with Gasteiger partial charge in [-0.05, 0) is 36.4 Å². The first-order valence-electron chi connectivity index (χ1n) is 7.36. The van der Waals surface area contributed by atoms with E-state index in [1.807, 2.05) is 0 Å². The molecular weight excluding hydrogens is 343 g/mol. The fourth-order valence-electron chi connectivity index (χ4n) is 2.22.